The van der Waals surface area contributed by atoms with Gasteiger partial charge in [-0.15, -0.1) is 10.2 Å². The van der Waals surface area contributed by atoms with Crippen LogP contribution in [0, 0.1) is 13.8 Å². The molecule has 0 aliphatic heterocycles. The lowest BCUT2D eigenvalue weighted by Gasteiger charge is -2.06. The molecule has 0 bridgehead atoms. The summed E-state index contributed by atoms with van der Waals surface area (Å²) in [6.07, 6.45) is 0. The Labute approximate surface area is 149 Å². The molecule has 1 aromatic carbocycles. The van der Waals surface area contributed by atoms with E-state index in [-0.39, 0.29) is 0 Å². The minimum absolute atomic E-state index is 0.336. The van der Waals surface area contributed by atoms with Crippen LogP contribution in [-0.2, 0) is 19.4 Å². The highest BCUT2D eigenvalue weighted by molar-refractivity contribution is 7.98. The van der Waals surface area contributed by atoms with E-state index in [9.17, 15) is 0 Å². The lowest BCUT2D eigenvalue weighted by molar-refractivity contribution is 0.290. The Hall–Kier alpha value is -1.99. The highest BCUT2D eigenvalue weighted by atomic mass is 35.5. The van der Waals surface area contributed by atoms with Gasteiger partial charge in [-0.05, 0) is 38.1 Å². The van der Waals surface area contributed by atoms with E-state index in [0.717, 1.165) is 28.2 Å². The smallest absolute Gasteiger partial charge is 0.205 e. The number of thioether (sulfide) groups is 1. The van der Waals surface area contributed by atoms with Crippen molar-refractivity contribution in [2.45, 2.75) is 31.4 Å². The number of oxazole rings is 1. The maximum atomic E-state index is 5.86. The molecule has 126 valence electrons. The van der Waals surface area contributed by atoms with Crippen molar-refractivity contribution < 1.29 is 9.15 Å². The molecule has 0 radical (unpaired) electrons. The second-order valence-electron chi connectivity index (χ2n) is 5.24. The van der Waals surface area contributed by atoms with Crippen LogP contribution in [0.25, 0.3) is 0 Å². The molecule has 0 spiro atoms. The zero-order chi connectivity index (χ0) is 17.1. The van der Waals surface area contributed by atoms with Gasteiger partial charge in [0.2, 0.25) is 5.89 Å². The van der Waals surface area contributed by atoms with Gasteiger partial charge in [0, 0.05) is 12.1 Å². The average Bonchev–Trinajstić information content (AvgIpc) is 3.07. The number of benzene rings is 1. The fraction of sp³-hybridized carbons (Fsp3) is 0.312. The monoisotopic (exact) mass is 364 g/mol. The molecule has 8 heteroatoms. The zero-order valence-electron chi connectivity index (χ0n) is 13.6. The number of aromatic nitrogens is 4. The van der Waals surface area contributed by atoms with Gasteiger partial charge in [-0.1, -0.05) is 23.4 Å². The fourth-order valence-electron chi connectivity index (χ4n) is 2.00. The van der Waals surface area contributed by atoms with Crippen molar-refractivity contribution in [2.24, 2.45) is 7.05 Å². The number of rotatable bonds is 6. The van der Waals surface area contributed by atoms with Crippen molar-refractivity contribution in [3.8, 4) is 5.75 Å². The first kappa shape index (κ1) is 16.9. The Bertz CT molecular complexity index is 810. The van der Waals surface area contributed by atoms with Crippen LogP contribution >= 0.6 is 23.4 Å². The van der Waals surface area contributed by atoms with Gasteiger partial charge in [0.25, 0.3) is 0 Å². The van der Waals surface area contributed by atoms with Crippen molar-refractivity contribution in [3.05, 3.63) is 52.5 Å². The van der Waals surface area contributed by atoms with Gasteiger partial charge in [-0.25, -0.2) is 4.98 Å². The van der Waals surface area contributed by atoms with Crippen LogP contribution in [-0.4, -0.2) is 19.7 Å². The molecular formula is C16H17ClN4O2S. The maximum Gasteiger partial charge on any atom is 0.205 e. The molecule has 2 aromatic heterocycles. The summed E-state index contributed by atoms with van der Waals surface area (Å²) in [7, 11) is 1.91. The fourth-order valence-corrected chi connectivity index (χ4v) is 2.90. The summed E-state index contributed by atoms with van der Waals surface area (Å²) in [5.74, 6) is 3.63. The van der Waals surface area contributed by atoms with E-state index >= 15 is 0 Å². The third-order valence-corrected chi connectivity index (χ3v) is 4.76. The first-order valence-corrected chi connectivity index (χ1v) is 8.71. The third-order valence-electron chi connectivity index (χ3n) is 3.50. The van der Waals surface area contributed by atoms with Crippen LogP contribution in [0.1, 0.15) is 23.2 Å². The third kappa shape index (κ3) is 3.91. The summed E-state index contributed by atoms with van der Waals surface area (Å²) in [6.45, 7) is 4.18. The van der Waals surface area contributed by atoms with E-state index < -0.39 is 0 Å². The molecular weight excluding hydrogens is 348 g/mol. The van der Waals surface area contributed by atoms with Gasteiger partial charge in [-0.2, -0.15) is 0 Å². The predicted molar refractivity (Wildman–Crippen MR) is 92.3 cm³/mol. The highest BCUT2D eigenvalue weighted by Crippen LogP contribution is 2.23. The number of hydrogen-bond donors (Lipinski definition) is 0. The summed E-state index contributed by atoms with van der Waals surface area (Å²) in [5.41, 5.74) is 0.917. The maximum absolute atomic E-state index is 5.86. The molecule has 0 N–H and O–H groups in total. The summed E-state index contributed by atoms with van der Waals surface area (Å²) in [4.78, 5) is 4.36. The molecule has 24 heavy (non-hydrogen) atoms. The van der Waals surface area contributed by atoms with E-state index in [1.54, 1.807) is 12.1 Å². The minimum Gasteiger partial charge on any atom is -0.486 e. The van der Waals surface area contributed by atoms with E-state index in [4.69, 9.17) is 20.8 Å². The second-order valence-corrected chi connectivity index (χ2v) is 6.62. The van der Waals surface area contributed by atoms with E-state index in [1.807, 2.05) is 37.6 Å². The number of aryl methyl sites for hydroxylation is 2. The van der Waals surface area contributed by atoms with Crippen molar-refractivity contribution in [1.82, 2.24) is 19.7 Å². The van der Waals surface area contributed by atoms with Crippen LogP contribution < -0.4 is 4.74 Å². The van der Waals surface area contributed by atoms with Crippen LogP contribution in [0.4, 0.5) is 0 Å². The van der Waals surface area contributed by atoms with Gasteiger partial charge in [0.05, 0.1) is 11.4 Å². The molecule has 0 saturated heterocycles. The van der Waals surface area contributed by atoms with Crippen molar-refractivity contribution in [3.63, 3.8) is 0 Å². The van der Waals surface area contributed by atoms with Gasteiger partial charge in [0.15, 0.2) is 11.0 Å². The summed E-state index contributed by atoms with van der Waals surface area (Å²) < 4.78 is 13.2. The van der Waals surface area contributed by atoms with Gasteiger partial charge in [-0.3, -0.25) is 0 Å². The topological polar surface area (TPSA) is 66.0 Å². The molecule has 2 heterocycles. The van der Waals surface area contributed by atoms with Gasteiger partial charge in [0.1, 0.15) is 18.1 Å². The number of halogens is 1. The van der Waals surface area contributed by atoms with Crippen LogP contribution in [0.15, 0.2) is 33.8 Å². The lowest BCUT2D eigenvalue weighted by atomic mass is 10.3. The quantitative estimate of drug-likeness (QED) is 0.617. The van der Waals surface area contributed by atoms with E-state index in [2.05, 4.69) is 15.2 Å². The lowest BCUT2D eigenvalue weighted by Crippen LogP contribution is -2.04. The first-order chi connectivity index (χ1) is 11.5. The Morgan fingerprint density at radius 3 is 2.62 bits per heavy atom. The zero-order valence-corrected chi connectivity index (χ0v) is 15.2. The SMILES string of the molecule is Cc1nc(CSc2nnc(COc3ccc(Cl)cc3)n2C)oc1C. The molecule has 3 aromatic rings. The highest BCUT2D eigenvalue weighted by Gasteiger charge is 2.12. The Morgan fingerprint density at radius 2 is 1.96 bits per heavy atom. The summed E-state index contributed by atoms with van der Waals surface area (Å²) in [5, 5.41) is 9.83. The molecule has 0 unspecified atom stereocenters. The van der Waals surface area contributed by atoms with Crippen LogP contribution in [0.5, 0.6) is 5.75 Å². The predicted octanol–water partition coefficient (Wildman–Crippen LogP) is 3.94. The summed E-state index contributed by atoms with van der Waals surface area (Å²) >= 11 is 7.38. The number of hydrogen-bond acceptors (Lipinski definition) is 6. The standard InChI is InChI=1S/C16H17ClN4O2S/c1-10-11(2)23-15(18-10)9-24-16-20-19-14(21(16)3)8-22-13-6-4-12(17)5-7-13/h4-7H,8-9H2,1-3H3. The number of nitrogens with zero attached hydrogens (tertiary/aromatic N) is 4. The first-order valence-electron chi connectivity index (χ1n) is 7.35. The molecule has 0 amide bonds. The normalized spacial score (nSPS) is 11.0. The van der Waals surface area contributed by atoms with Crippen molar-refractivity contribution in [2.75, 3.05) is 0 Å². The van der Waals surface area contributed by atoms with Gasteiger partial charge < -0.3 is 13.7 Å². The molecule has 0 aliphatic carbocycles. The Kier molecular flexibility index (Phi) is 5.11. The summed E-state index contributed by atoms with van der Waals surface area (Å²) in [6, 6.07) is 7.22. The van der Waals surface area contributed by atoms with Crippen molar-refractivity contribution in [1.29, 1.82) is 0 Å². The molecule has 0 atom stereocenters. The Morgan fingerprint density at radius 1 is 1.21 bits per heavy atom. The van der Waals surface area contributed by atoms with Gasteiger partial charge >= 0.3 is 0 Å². The Balaban J connectivity index is 1.59. The van der Waals surface area contributed by atoms with Crippen molar-refractivity contribution >= 4 is 23.4 Å². The van der Waals surface area contributed by atoms with Crippen LogP contribution in [0.2, 0.25) is 5.02 Å². The molecule has 6 nitrogen and oxygen atoms in total. The molecule has 0 fully saturated rings. The minimum atomic E-state index is 0.336. The van der Waals surface area contributed by atoms with E-state index in [0.29, 0.717) is 23.3 Å². The second kappa shape index (κ2) is 7.27. The molecule has 3 rings (SSSR count). The molecule has 0 aliphatic rings. The van der Waals surface area contributed by atoms with E-state index in [1.165, 1.54) is 11.8 Å². The molecule has 0 saturated carbocycles. The average molecular weight is 365 g/mol. The van der Waals surface area contributed by atoms with Crippen LogP contribution in [0.3, 0.4) is 0 Å². The largest absolute Gasteiger partial charge is 0.486 e. The number of ether oxygens (including phenoxy) is 1.